The summed E-state index contributed by atoms with van der Waals surface area (Å²) in [6.07, 6.45) is 16.2. The summed E-state index contributed by atoms with van der Waals surface area (Å²) in [5.41, 5.74) is 8.42. The van der Waals surface area contributed by atoms with Gasteiger partial charge >= 0.3 is 0 Å². The molecule has 1 heterocycles. The molecule has 0 bridgehead atoms. The molecule has 1 aliphatic carbocycles. The van der Waals surface area contributed by atoms with Gasteiger partial charge in [-0.2, -0.15) is 0 Å². The average molecular weight is 216 g/mol. The Morgan fingerprint density at radius 1 is 1.38 bits per heavy atom. The Labute approximate surface area is 97.6 Å². The highest BCUT2D eigenvalue weighted by Gasteiger charge is 2.13. The van der Waals surface area contributed by atoms with Gasteiger partial charge in [0.25, 0.3) is 0 Å². The first-order valence-electron chi connectivity index (χ1n) is 6.18. The van der Waals surface area contributed by atoms with Gasteiger partial charge in [-0.25, -0.2) is 0 Å². The van der Waals surface area contributed by atoms with Crippen LogP contribution in [-0.2, 0) is 0 Å². The molecule has 2 rings (SSSR count). The van der Waals surface area contributed by atoms with Crippen LogP contribution in [0.2, 0.25) is 0 Å². The predicted octanol–water partition coefficient (Wildman–Crippen LogP) is 2.98. The molecular weight excluding hydrogens is 196 g/mol. The van der Waals surface area contributed by atoms with Crippen LogP contribution in [0.25, 0.3) is 0 Å². The maximum atomic E-state index is 5.74. The summed E-state index contributed by atoms with van der Waals surface area (Å²) in [6.45, 7) is 0.816. The van der Waals surface area contributed by atoms with E-state index in [0.29, 0.717) is 5.92 Å². The molecule has 0 saturated carbocycles. The minimum Gasteiger partial charge on any atom is -0.330 e. The van der Waals surface area contributed by atoms with Crippen LogP contribution in [0.4, 0.5) is 0 Å². The lowest BCUT2D eigenvalue weighted by atomic mass is 10.0. The molecule has 2 aliphatic rings. The summed E-state index contributed by atoms with van der Waals surface area (Å²) in [5, 5.41) is 0. The van der Waals surface area contributed by atoms with E-state index in [9.17, 15) is 0 Å². The maximum Gasteiger partial charge on any atom is 0.0470 e. The van der Waals surface area contributed by atoms with Crippen LogP contribution in [0, 0.1) is 5.92 Å². The van der Waals surface area contributed by atoms with E-state index in [4.69, 9.17) is 5.73 Å². The number of aliphatic imine (C=N–C) groups is 1. The number of rotatable bonds is 2. The second-order valence-electron chi connectivity index (χ2n) is 4.51. The zero-order valence-electron chi connectivity index (χ0n) is 9.73. The minimum atomic E-state index is 0.676. The number of hydrogen-bond donors (Lipinski definition) is 1. The van der Waals surface area contributed by atoms with Gasteiger partial charge in [0.05, 0.1) is 0 Å². The van der Waals surface area contributed by atoms with Crippen molar-refractivity contribution in [2.45, 2.75) is 32.1 Å². The molecule has 0 aromatic rings. The summed E-state index contributed by atoms with van der Waals surface area (Å²) in [4.78, 5) is 4.51. The molecular formula is C14H20N2. The predicted molar refractivity (Wildman–Crippen MR) is 69.4 cm³/mol. The first-order valence-corrected chi connectivity index (χ1v) is 6.18. The van der Waals surface area contributed by atoms with Gasteiger partial charge in [0.2, 0.25) is 0 Å². The van der Waals surface area contributed by atoms with Crippen molar-refractivity contribution >= 4 is 5.71 Å². The van der Waals surface area contributed by atoms with Crippen LogP contribution >= 0.6 is 0 Å². The molecule has 2 heteroatoms. The summed E-state index contributed by atoms with van der Waals surface area (Å²) < 4.78 is 0. The smallest absolute Gasteiger partial charge is 0.0470 e. The average Bonchev–Trinajstić information content (AvgIpc) is 2.71. The second-order valence-corrected chi connectivity index (χ2v) is 4.51. The molecule has 2 nitrogen and oxygen atoms in total. The van der Waals surface area contributed by atoms with Crippen molar-refractivity contribution in [2.24, 2.45) is 16.6 Å². The minimum absolute atomic E-state index is 0.676. The monoisotopic (exact) mass is 216 g/mol. The maximum absolute atomic E-state index is 5.74. The summed E-state index contributed by atoms with van der Waals surface area (Å²) >= 11 is 0. The van der Waals surface area contributed by atoms with E-state index in [0.717, 1.165) is 25.8 Å². The van der Waals surface area contributed by atoms with Crippen molar-refractivity contribution in [2.75, 3.05) is 6.54 Å². The Morgan fingerprint density at radius 3 is 3.19 bits per heavy atom. The fraction of sp³-hybridized carbons (Fsp3) is 0.500. The van der Waals surface area contributed by atoms with Crippen LogP contribution < -0.4 is 5.73 Å². The molecule has 0 spiro atoms. The highest BCUT2D eigenvalue weighted by Crippen LogP contribution is 2.24. The van der Waals surface area contributed by atoms with Crippen LogP contribution in [0.5, 0.6) is 0 Å². The fourth-order valence-corrected chi connectivity index (χ4v) is 2.29. The topological polar surface area (TPSA) is 38.4 Å². The quantitative estimate of drug-likeness (QED) is 0.757. The van der Waals surface area contributed by atoms with Gasteiger partial charge in [0, 0.05) is 18.3 Å². The van der Waals surface area contributed by atoms with Crippen LogP contribution in [0.1, 0.15) is 32.1 Å². The lowest BCUT2D eigenvalue weighted by Gasteiger charge is -2.07. The van der Waals surface area contributed by atoms with Gasteiger partial charge in [-0.3, -0.25) is 4.99 Å². The number of allylic oxidation sites excluding steroid dienone is 5. The molecule has 0 fully saturated rings. The molecule has 0 radical (unpaired) electrons. The van der Waals surface area contributed by atoms with Gasteiger partial charge in [-0.1, -0.05) is 18.2 Å². The zero-order valence-corrected chi connectivity index (χ0v) is 9.73. The van der Waals surface area contributed by atoms with Crippen molar-refractivity contribution in [1.29, 1.82) is 0 Å². The van der Waals surface area contributed by atoms with E-state index in [1.165, 1.54) is 24.1 Å². The summed E-state index contributed by atoms with van der Waals surface area (Å²) in [5.74, 6) is 0.676. The van der Waals surface area contributed by atoms with Gasteiger partial charge < -0.3 is 5.73 Å². The van der Waals surface area contributed by atoms with Crippen molar-refractivity contribution in [3.05, 3.63) is 36.1 Å². The highest BCUT2D eigenvalue weighted by molar-refractivity contribution is 6.01. The Kier molecular flexibility index (Phi) is 4.11. The Morgan fingerprint density at radius 2 is 2.31 bits per heavy atom. The third-order valence-electron chi connectivity index (χ3n) is 3.33. The van der Waals surface area contributed by atoms with E-state index < -0.39 is 0 Å². The zero-order chi connectivity index (χ0) is 11.2. The fourth-order valence-electron chi connectivity index (χ4n) is 2.29. The Bertz CT molecular complexity index is 348. The van der Waals surface area contributed by atoms with E-state index in [1.807, 2.05) is 12.3 Å². The van der Waals surface area contributed by atoms with Crippen molar-refractivity contribution in [1.82, 2.24) is 0 Å². The van der Waals surface area contributed by atoms with Gasteiger partial charge in [-0.05, 0) is 49.8 Å². The van der Waals surface area contributed by atoms with E-state index in [1.54, 1.807) is 0 Å². The number of hydrogen-bond acceptors (Lipinski definition) is 2. The molecule has 16 heavy (non-hydrogen) atoms. The second kappa shape index (κ2) is 5.80. The number of nitrogens with two attached hydrogens (primary N) is 1. The molecule has 1 aliphatic heterocycles. The first kappa shape index (κ1) is 11.3. The van der Waals surface area contributed by atoms with E-state index >= 15 is 0 Å². The Balaban J connectivity index is 2.08. The van der Waals surface area contributed by atoms with Crippen molar-refractivity contribution in [3.63, 3.8) is 0 Å². The molecule has 86 valence electrons. The number of nitrogens with zero attached hydrogens (tertiary/aromatic N) is 1. The van der Waals surface area contributed by atoms with E-state index in [2.05, 4.69) is 23.2 Å². The van der Waals surface area contributed by atoms with Gasteiger partial charge in [-0.15, -0.1) is 0 Å². The summed E-state index contributed by atoms with van der Waals surface area (Å²) in [7, 11) is 0. The molecule has 0 aromatic carbocycles. The van der Waals surface area contributed by atoms with Crippen LogP contribution in [-0.4, -0.2) is 12.3 Å². The first-order chi connectivity index (χ1) is 7.90. The van der Waals surface area contributed by atoms with Crippen molar-refractivity contribution < 1.29 is 0 Å². The molecule has 2 N–H and O–H groups in total. The van der Waals surface area contributed by atoms with Gasteiger partial charge in [0.15, 0.2) is 0 Å². The lowest BCUT2D eigenvalue weighted by molar-refractivity contribution is 0.497. The molecule has 0 aromatic heterocycles. The summed E-state index contributed by atoms with van der Waals surface area (Å²) in [6, 6.07) is 0. The normalized spacial score (nSPS) is 25.7. The third kappa shape index (κ3) is 2.92. The molecule has 1 atom stereocenters. The highest BCUT2D eigenvalue weighted by atomic mass is 14.7. The Hall–Kier alpha value is -1.15. The largest absolute Gasteiger partial charge is 0.330 e. The van der Waals surface area contributed by atoms with Crippen LogP contribution in [0.15, 0.2) is 41.1 Å². The molecule has 1 unspecified atom stereocenters. The van der Waals surface area contributed by atoms with E-state index in [-0.39, 0.29) is 0 Å². The SMILES string of the molecule is NCC1CC=C(C2=NC=CC=CC2)CCC1. The van der Waals surface area contributed by atoms with Gasteiger partial charge in [0.1, 0.15) is 0 Å². The lowest BCUT2D eigenvalue weighted by Crippen LogP contribution is -2.12. The third-order valence-corrected chi connectivity index (χ3v) is 3.33. The van der Waals surface area contributed by atoms with Crippen molar-refractivity contribution in [3.8, 4) is 0 Å². The molecule has 0 saturated heterocycles. The van der Waals surface area contributed by atoms with Crippen LogP contribution in [0.3, 0.4) is 0 Å². The molecule has 0 amide bonds. The standard InChI is InChI=1S/C14H20N2/c15-11-12-5-4-6-13(9-8-12)14-7-2-1-3-10-16-14/h1-3,9-10,12H,4-8,11,15H2.